The molecule has 25 heavy (non-hydrogen) atoms. The largest absolute Gasteiger partial charge is 0.317 e. The van der Waals surface area contributed by atoms with Crippen molar-refractivity contribution in [3.63, 3.8) is 0 Å². The number of carbonyl (C=O) groups excluding carboxylic acids is 2. The number of aromatic nitrogens is 3. The zero-order chi connectivity index (χ0) is 18.1. The molecule has 1 N–H and O–H groups in total. The number of hydrogen-bond acceptors (Lipinski definition) is 5. The number of anilines is 1. The Bertz CT molecular complexity index is 958. The summed E-state index contributed by atoms with van der Waals surface area (Å²) in [5.41, 5.74) is 6.81. The van der Waals surface area contributed by atoms with E-state index < -0.39 is 11.7 Å². The maximum Gasteiger partial charge on any atom is 0.298 e. The lowest BCUT2D eigenvalue weighted by molar-refractivity contribution is -0.112. The molecule has 6 nitrogen and oxygen atoms in total. The van der Waals surface area contributed by atoms with Crippen molar-refractivity contribution in [3.05, 3.63) is 57.9 Å². The number of aryl methyl sites for hydroxylation is 3. The molecule has 7 heteroatoms. The zero-order valence-corrected chi connectivity index (χ0v) is 15.3. The summed E-state index contributed by atoms with van der Waals surface area (Å²) in [5.74, 6) is -1.29. The van der Waals surface area contributed by atoms with E-state index in [0.29, 0.717) is 10.7 Å². The van der Waals surface area contributed by atoms with Gasteiger partial charge in [0.15, 0.2) is 0 Å². The molecule has 1 aromatic carbocycles. The van der Waals surface area contributed by atoms with Crippen LogP contribution in [0.25, 0.3) is 5.69 Å². The molecule has 0 bridgehead atoms. The van der Waals surface area contributed by atoms with Crippen molar-refractivity contribution in [3.8, 4) is 5.69 Å². The first-order valence-electron chi connectivity index (χ1n) is 7.77. The fraction of sp³-hybridized carbons (Fsp3) is 0.222. The molecule has 0 saturated carbocycles. The highest BCUT2D eigenvalue weighted by Gasteiger charge is 2.23. The maximum absolute atomic E-state index is 12.6. The summed E-state index contributed by atoms with van der Waals surface area (Å²) in [4.78, 5) is 24.8. The average molecular weight is 354 g/mol. The molecule has 0 aliphatic heterocycles. The van der Waals surface area contributed by atoms with Gasteiger partial charge in [0.2, 0.25) is 5.13 Å². The molecule has 128 valence electrons. The number of Topliss-reactive ketones (excluding diaryl/α,β-unsaturated/α-hetero) is 1. The van der Waals surface area contributed by atoms with E-state index in [2.05, 4.69) is 21.6 Å². The van der Waals surface area contributed by atoms with Gasteiger partial charge < -0.3 is 4.57 Å². The van der Waals surface area contributed by atoms with Gasteiger partial charge in [0.05, 0.1) is 0 Å². The van der Waals surface area contributed by atoms with E-state index in [4.69, 9.17) is 0 Å². The summed E-state index contributed by atoms with van der Waals surface area (Å²) in [6.07, 6.45) is 0. The first-order valence-corrected chi connectivity index (χ1v) is 8.65. The average Bonchev–Trinajstić information content (AvgIpc) is 3.16. The summed E-state index contributed by atoms with van der Waals surface area (Å²) in [7, 11) is 0. The minimum atomic E-state index is -0.711. The van der Waals surface area contributed by atoms with Gasteiger partial charge >= 0.3 is 0 Å². The van der Waals surface area contributed by atoms with Crippen molar-refractivity contribution in [2.24, 2.45) is 0 Å². The van der Waals surface area contributed by atoms with Gasteiger partial charge in [-0.2, -0.15) is 0 Å². The van der Waals surface area contributed by atoms with Gasteiger partial charge in [0.1, 0.15) is 5.51 Å². The van der Waals surface area contributed by atoms with Gasteiger partial charge in [-0.3, -0.25) is 14.9 Å². The fourth-order valence-electron chi connectivity index (χ4n) is 2.92. The predicted octanol–water partition coefficient (Wildman–Crippen LogP) is 3.38. The number of ketones is 1. The zero-order valence-electron chi connectivity index (χ0n) is 14.5. The summed E-state index contributed by atoms with van der Waals surface area (Å²) in [6.45, 7) is 7.84. The molecule has 2 heterocycles. The lowest BCUT2D eigenvalue weighted by Crippen LogP contribution is -2.23. The molecule has 2 aromatic heterocycles. The van der Waals surface area contributed by atoms with Crippen LogP contribution in [0.1, 0.15) is 32.9 Å². The van der Waals surface area contributed by atoms with E-state index in [0.717, 1.165) is 34.0 Å². The van der Waals surface area contributed by atoms with E-state index >= 15 is 0 Å². The third kappa shape index (κ3) is 3.23. The van der Waals surface area contributed by atoms with Gasteiger partial charge in [-0.25, -0.2) is 0 Å². The molecule has 0 atom stereocenters. The van der Waals surface area contributed by atoms with Crippen LogP contribution in [0.5, 0.6) is 0 Å². The Morgan fingerprint density at radius 2 is 1.88 bits per heavy atom. The fourth-order valence-corrected chi connectivity index (χ4v) is 3.36. The number of nitrogens with zero attached hydrogens (tertiary/aromatic N) is 3. The normalized spacial score (nSPS) is 10.7. The highest BCUT2D eigenvalue weighted by Crippen LogP contribution is 2.24. The second kappa shape index (κ2) is 6.60. The molecule has 0 fully saturated rings. The van der Waals surface area contributed by atoms with Crippen LogP contribution in [0.4, 0.5) is 5.13 Å². The highest BCUT2D eigenvalue weighted by atomic mass is 32.1. The van der Waals surface area contributed by atoms with Crippen LogP contribution in [0.15, 0.2) is 29.8 Å². The van der Waals surface area contributed by atoms with Crippen molar-refractivity contribution in [2.45, 2.75) is 27.7 Å². The van der Waals surface area contributed by atoms with Gasteiger partial charge in [-0.1, -0.05) is 29.0 Å². The third-order valence-electron chi connectivity index (χ3n) is 4.06. The SMILES string of the molecule is Cc1ccc(-n2c(C)cc(C(=O)C(=O)Nc3nncs3)c2C)c(C)c1. The number of amides is 1. The van der Waals surface area contributed by atoms with Crippen molar-refractivity contribution in [1.29, 1.82) is 0 Å². The van der Waals surface area contributed by atoms with Crippen LogP contribution in [0, 0.1) is 27.7 Å². The Hall–Kier alpha value is -2.80. The molecule has 3 aromatic rings. The van der Waals surface area contributed by atoms with Crippen molar-refractivity contribution in [2.75, 3.05) is 5.32 Å². The number of hydrogen-bond donors (Lipinski definition) is 1. The van der Waals surface area contributed by atoms with Gasteiger partial charge in [-0.15, -0.1) is 10.2 Å². The quantitative estimate of drug-likeness (QED) is 0.575. The van der Waals surface area contributed by atoms with Crippen LogP contribution in [0.2, 0.25) is 0 Å². The number of nitrogens with one attached hydrogen (secondary N) is 1. The van der Waals surface area contributed by atoms with Crippen LogP contribution in [-0.4, -0.2) is 26.5 Å². The van der Waals surface area contributed by atoms with Gasteiger partial charge in [0, 0.05) is 22.6 Å². The second-order valence-electron chi connectivity index (χ2n) is 5.94. The standard InChI is InChI=1S/C18H18N4O2S/c1-10-5-6-15(11(2)7-10)22-12(3)8-14(13(22)4)16(23)17(24)20-18-21-19-9-25-18/h5-9H,1-4H3,(H,20,21,24). The predicted molar refractivity (Wildman–Crippen MR) is 97.6 cm³/mol. The molecule has 3 rings (SSSR count). The Morgan fingerprint density at radius 3 is 2.52 bits per heavy atom. The molecule has 0 aliphatic carbocycles. The van der Waals surface area contributed by atoms with E-state index in [1.54, 1.807) is 6.07 Å². The van der Waals surface area contributed by atoms with E-state index in [1.807, 2.05) is 44.4 Å². The van der Waals surface area contributed by atoms with E-state index in [1.165, 1.54) is 11.1 Å². The Labute approximate surface area is 149 Å². The molecule has 1 amide bonds. The molecular formula is C18H18N4O2S. The Morgan fingerprint density at radius 1 is 1.12 bits per heavy atom. The molecular weight excluding hydrogens is 336 g/mol. The van der Waals surface area contributed by atoms with Crippen LogP contribution >= 0.6 is 11.3 Å². The summed E-state index contributed by atoms with van der Waals surface area (Å²) < 4.78 is 2.00. The number of rotatable bonds is 4. The minimum absolute atomic E-state index is 0.307. The summed E-state index contributed by atoms with van der Waals surface area (Å²) in [6, 6.07) is 7.90. The van der Waals surface area contributed by atoms with E-state index in [9.17, 15) is 9.59 Å². The summed E-state index contributed by atoms with van der Waals surface area (Å²) >= 11 is 1.16. The topological polar surface area (TPSA) is 76.9 Å². The Balaban J connectivity index is 1.96. The number of carbonyl (C=O) groups is 2. The van der Waals surface area contributed by atoms with Crippen LogP contribution in [0.3, 0.4) is 0 Å². The molecule has 0 aliphatic rings. The molecule has 0 radical (unpaired) electrons. The van der Waals surface area contributed by atoms with Crippen molar-refractivity contribution >= 4 is 28.2 Å². The van der Waals surface area contributed by atoms with Crippen molar-refractivity contribution in [1.82, 2.24) is 14.8 Å². The molecule has 0 unspecified atom stereocenters. The second-order valence-corrected chi connectivity index (χ2v) is 6.77. The smallest absolute Gasteiger partial charge is 0.298 e. The minimum Gasteiger partial charge on any atom is -0.317 e. The van der Waals surface area contributed by atoms with Crippen LogP contribution in [-0.2, 0) is 4.79 Å². The first-order chi connectivity index (χ1) is 11.9. The molecule has 0 spiro atoms. The van der Waals surface area contributed by atoms with Gasteiger partial charge in [0.25, 0.3) is 11.7 Å². The van der Waals surface area contributed by atoms with Crippen molar-refractivity contribution < 1.29 is 9.59 Å². The molecule has 0 saturated heterocycles. The van der Waals surface area contributed by atoms with Crippen LogP contribution < -0.4 is 5.32 Å². The summed E-state index contributed by atoms with van der Waals surface area (Å²) in [5, 5.41) is 10.2. The first kappa shape index (κ1) is 17.0. The highest BCUT2D eigenvalue weighted by molar-refractivity contribution is 7.13. The Kier molecular flexibility index (Phi) is 4.50. The van der Waals surface area contributed by atoms with E-state index in [-0.39, 0.29) is 0 Å². The lowest BCUT2D eigenvalue weighted by atomic mass is 10.1. The monoisotopic (exact) mass is 354 g/mol. The maximum atomic E-state index is 12.6. The number of benzene rings is 1. The lowest BCUT2D eigenvalue weighted by Gasteiger charge is -2.13. The third-order valence-corrected chi connectivity index (χ3v) is 4.66. The van der Waals surface area contributed by atoms with Gasteiger partial charge in [-0.05, 0) is 45.4 Å².